The van der Waals surface area contributed by atoms with Gasteiger partial charge in [-0.3, -0.25) is 4.85 Å². The molecule has 0 radical (unpaired) electrons. The number of nitrogens with zero attached hydrogens (tertiary/aromatic N) is 1. The lowest BCUT2D eigenvalue weighted by Crippen LogP contribution is -2.38. The first-order valence-corrected chi connectivity index (χ1v) is 7.64. The number of rotatable bonds is 3. The van der Waals surface area contributed by atoms with Crippen LogP contribution in [0, 0.1) is 24.3 Å². The molecule has 4 heteroatoms. The third-order valence-corrected chi connectivity index (χ3v) is 5.62. The minimum absolute atomic E-state index is 0.239. The molecule has 0 N–H and O–H groups in total. The second-order valence-electron chi connectivity index (χ2n) is 5.31. The summed E-state index contributed by atoms with van der Waals surface area (Å²) >= 11 is 0. The van der Waals surface area contributed by atoms with E-state index in [9.17, 15) is 8.42 Å². The highest BCUT2D eigenvalue weighted by Gasteiger charge is 2.40. The molecule has 0 spiro atoms. The molecule has 1 rings (SSSR count). The fourth-order valence-corrected chi connectivity index (χ4v) is 4.69. The van der Waals surface area contributed by atoms with Gasteiger partial charge in [0.25, 0.3) is 0 Å². The van der Waals surface area contributed by atoms with Crippen LogP contribution in [0.15, 0.2) is 0 Å². The number of sulfone groups is 1. The molecule has 1 aliphatic carbocycles. The Hall–Kier alpha value is -0.560. The lowest BCUT2D eigenvalue weighted by atomic mass is 9.77. The van der Waals surface area contributed by atoms with Crippen molar-refractivity contribution in [3.05, 3.63) is 11.4 Å². The SMILES string of the molecule is [C-]#[N+]CS(=O)(=O)[C@H]1C[C@H](C)CC[C@H]1C(C)C. The monoisotopic (exact) mass is 243 g/mol. The Morgan fingerprint density at radius 3 is 2.50 bits per heavy atom. The van der Waals surface area contributed by atoms with Gasteiger partial charge in [-0.25, -0.2) is 15.0 Å². The van der Waals surface area contributed by atoms with Crippen LogP contribution >= 0.6 is 0 Å². The average Bonchev–Trinajstić information content (AvgIpc) is 2.17. The lowest BCUT2D eigenvalue weighted by molar-refractivity contribution is 0.237. The van der Waals surface area contributed by atoms with Gasteiger partial charge in [-0.1, -0.05) is 27.2 Å². The first kappa shape index (κ1) is 13.5. The van der Waals surface area contributed by atoms with Crippen molar-refractivity contribution in [3.63, 3.8) is 0 Å². The molecular formula is C12H21NO2S. The van der Waals surface area contributed by atoms with Gasteiger partial charge in [-0.15, -0.1) is 0 Å². The third-order valence-electron chi connectivity index (χ3n) is 3.67. The Labute approximate surface area is 99.0 Å². The van der Waals surface area contributed by atoms with E-state index < -0.39 is 9.84 Å². The van der Waals surface area contributed by atoms with Crippen molar-refractivity contribution in [2.45, 2.75) is 45.3 Å². The van der Waals surface area contributed by atoms with Crippen molar-refractivity contribution in [1.82, 2.24) is 0 Å². The van der Waals surface area contributed by atoms with Gasteiger partial charge in [0.15, 0.2) is 0 Å². The Balaban J connectivity index is 2.92. The fourth-order valence-electron chi connectivity index (χ4n) is 2.71. The summed E-state index contributed by atoms with van der Waals surface area (Å²) in [6.45, 7) is 13.0. The molecule has 0 unspecified atom stereocenters. The Morgan fingerprint density at radius 1 is 1.38 bits per heavy atom. The van der Waals surface area contributed by atoms with Crippen LogP contribution in [0.5, 0.6) is 0 Å². The fraction of sp³-hybridized carbons (Fsp3) is 0.917. The first-order chi connectivity index (χ1) is 7.38. The van der Waals surface area contributed by atoms with E-state index in [1.165, 1.54) is 0 Å². The van der Waals surface area contributed by atoms with Crippen molar-refractivity contribution in [2.75, 3.05) is 5.88 Å². The molecule has 1 fully saturated rings. The van der Waals surface area contributed by atoms with E-state index in [-0.39, 0.29) is 17.0 Å². The molecule has 3 atom stereocenters. The molecule has 0 aromatic heterocycles. The molecule has 0 aliphatic heterocycles. The van der Waals surface area contributed by atoms with E-state index in [2.05, 4.69) is 25.6 Å². The van der Waals surface area contributed by atoms with Gasteiger partial charge >= 0.3 is 5.88 Å². The molecule has 0 heterocycles. The number of hydrogen-bond acceptors (Lipinski definition) is 2. The highest BCUT2D eigenvalue weighted by molar-refractivity contribution is 7.92. The minimum atomic E-state index is -3.21. The van der Waals surface area contributed by atoms with Crippen LogP contribution in [0.25, 0.3) is 4.85 Å². The van der Waals surface area contributed by atoms with Crippen LogP contribution < -0.4 is 0 Å². The summed E-state index contributed by atoms with van der Waals surface area (Å²) in [5.74, 6) is 0.759. The van der Waals surface area contributed by atoms with Gasteiger partial charge in [-0.05, 0) is 30.6 Å². The second kappa shape index (κ2) is 5.18. The lowest BCUT2D eigenvalue weighted by Gasteiger charge is -2.35. The standard InChI is InChI=1S/C12H21NO2S/c1-9(2)11-6-5-10(3)7-12(11)16(14,15)8-13-4/h9-12H,5-8H2,1-3H3/t10-,11+,12+/m1/s1. The Morgan fingerprint density at radius 2 is 2.00 bits per heavy atom. The topological polar surface area (TPSA) is 38.5 Å². The Kier molecular flexibility index (Phi) is 4.37. The summed E-state index contributed by atoms with van der Waals surface area (Å²) in [5.41, 5.74) is 0. The van der Waals surface area contributed by atoms with Gasteiger partial charge in [0, 0.05) is 0 Å². The third kappa shape index (κ3) is 2.98. The van der Waals surface area contributed by atoms with Gasteiger partial charge in [-0.2, -0.15) is 0 Å². The van der Waals surface area contributed by atoms with E-state index in [0.29, 0.717) is 11.8 Å². The van der Waals surface area contributed by atoms with Crippen LogP contribution in [0.1, 0.15) is 40.0 Å². The average molecular weight is 243 g/mol. The van der Waals surface area contributed by atoms with E-state index in [1.54, 1.807) is 0 Å². The summed E-state index contributed by atoms with van der Waals surface area (Å²) in [5, 5.41) is -0.287. The number of hydrogen-bond donors (Lipinski definition) is 0. The molecule has 16 heavy (non-hydrogen) atoms. The van der Waals surface area contributed by atoms with Crippen molar-refractivity contribution in [2.24, 2.45) is 17.8 Å². The normalized spacial score (nSPS) is 31.3. The maximum atomic E-state index is 12.0. The van der Waals surface area contributed by atoms with E-state index in [0.717, 1.165) is 19.3 Å². The van der Waals surface area contributed by atoms with E-state index in [1.807, 2.05) is 0 Å². The summed E-state index contributed by atoms with van der Waals surface area (Å²) < 4.78 is 24.1. The zero-order chi connectivity index (χ0) is 12.3. The molecule has 1 aliphatic rings. The van der Waals surface area contributed by atoms with E-state index in [4.69, 9.17) is 6.57 Å². The summed E-state index contributed by atoms with van der Waals surface area (Å²) in [4.78, 5) is 3.06. The molecule has 0 aromatic rings. The molecular weight excluding hydrogens is 222 g/mol. The maximum Gasteiger partial charge on any atom is 0.312 e. The van der Waals surface area contributed by atoms with Gasteiger partial charge in [0.2, 0.25) is 9.84 Å². The van der Waals surface area contributed by atoms with Crippen LogP contribution in [0.3, 0.4) is 0 Å². The first-order valence-electron chi connectivity index (χ1n) is 5.93. The predicted molar refractivity (Wildman–Crippen MR) is 65.5 cm³/mol. The van der Waals surface area contributed by atoms with Crippen LogP contribution in [-0.4, -0.2) is 19.5 Å². The minimum Gasteiger partial charge on any atom is -0.300 e. The van der Waals surface area contributed by atoms with Gasteiger partial charge in [0.05, 0.1) is 5.25 Å². The Bertz CT molecular complexity index is 367. The van der Waals surface area contributed by atoms with Gasteiger partial charge < -0.3 is 0 Å². The summed E-state index contributed by atoms with van der Waals surface area (Å²) in [6.07, 6.45) is 2.84. The molecule has 3 nitrogen and oxygen atoms in total. The van der Waals surface area contributed by atoms with Crippen LogP contribution in [-0.2, 0) is 9.84 Å². The largest absolute Gasteiger partial charge is 0.312 e. The summed E-state index contributed by atoms with van der Waals surface area (Å²) in [6, 6.07) is 0. The zero-order valence-electron chi connectivity index (χ0n) is 10.3. The van der Waals surface area contributed by atoms with E-state index >= 15 is 0 Å². The van der Waals surface area contributed by atoms with Crippen molar-refractivity contribution < 1.29 is 8.42 Å². The molecule has 0 bridgehead atoms. The quantitative estimate of drug-likeness (QED) is 0.715. The predicted octanol–water partition coefficient (Wildman–Crippen LogP) is 2.74. The van der Waals surface area contributed by atoms with Crippen LogP contribution in [0.2, 0.25) is 0 Å². The smallest absolute Gasteiger partial charge is 0.300 e. The van der Waals surface area contributed by atoms with Crippen molar-refractivity contribution >= 4 is 9.84 Å². The highest BCUT2D eigenvalue weighted by Crippen LogP contribution is 2.37. The van der Waals surface area contributed by atoms with Crippen molar-refractivity contribution in [1.29, 1.82) is 0 Å². The maximum absolute atomic E-state index is 12.0. The van der Waals surface area contributed by atoms with Crippen molar-refractivity contribution in [3.8, 4) is 0 Å². The highest BCUT2D eigenvalue weighted by atomic mass is 32.2. The van der Waals surface area contributed by atoms with Crippen LogP contribution in [0.4, 0.5) is 0 Å². The zero-order valence-corrected chi connectivity index (χ0v) is 11.1. The summed E-state index contributed by atoms with van der Waals surface area (Å²) in [7, 11) is -3.21. The molecule has 0 aromatic carbocycles. The molecule has 0 saturated heterocycles. The molecule has 1 saturated carbocycles. The second-order valence-corrected chi connectivity index (χ2v) is 7.50. The molecule has 0 amide bonds. The molecule has 92 valence electrons. The van der Waals surface area contributed by atoms with Gasteiger partial charge in [0.1, 0.15) is 0 Å².